The smallest absolute Gasteiger partial charge is 0.251 e. The molecule has 10 nitrogen and oxygen atoms in total. The predicted octanol–water partition coefficient (Wildman–Crippen LogP) is 6.23. The van der Waals surface area contributed by atoms with Crippen LogP contribution in [0.15, 0.2) is 137 Å². The second kappa shape index (κ2) is 16.8. The van der Waals surface area contributed by atoms with Gasteiger partial charge in [-0.15, -0.1) is 0 Å². The lowest BCUT2D eigenvalue weighted by Gasteiger charge is -2.41. The first-order chi connectivity index (χ1) is 25.1. The number of anilines is 1. The van der Waals surface area contributed by atoms with Crippen LogP contribution in [0.3, 0.4) is 0 Å². The number of hydrogen-bond donors (Lipinski definition) is 3. The molecule has 0 saturated carbocycles. The predicted molar refractivity (Wildman–Crippen MR) is 200 cm³/mol. The first kappa shape index (κ1) is 37.2. The maximum absolute atomic E-state index is 13.9. The van der Waals surface area contributed by atoms with Gasteiger partial charge in [-0.3, -0.25) is 4.79 Å². The zero-order chi connectivity index (χ0) is 36.7. The van der Waals surface area contributed by atoms with Crippen molar-refractivity contribution in [3.8, 4) is 0 Å². The van der Waals surface area contributed by atoms with Gasteiger partial charge in [0.2, 0.25) is 15.9 Å². The van der Waals surface area contributed by atoms with Gasteiger partial charge in [0.15, 0.2) is 12.5 Å². The number of sulfonamides is 1. The van der Waals surface area contributed by atoms with Gasteiger partial charge in [0.25, 0.3) is 5.03 Å². The number of aryl methyl sites for hydroxylation is 1. The highest BCUT2D eigenvalue weighted by molar-refractivity contribution is 7.99. The number of carbonyl (C=O) groups is 1. The molecule has 0 bridgehead atoms. The van der Waals surface area contributed by atoms with E-state index in [1.807, 2.05) is 80.6 Å². The van der Waals surface area contributed by atoms with Crippen LogP contribution < -0.4 is 14.8 Å². The number of pyridine rings is 1. The monoisotopic (exact) mass is 739 g/mol. The van der Waals surface area contributed by atoms with Crippen molar-refractivity contribution in [3.63, 3.8) is 0 Å². The molecule has 0 unspecified atom stereocenters. The van der Waals surface area contributed by atoms with Crippen LogP contribution in [0.2, 0.25) is 0 Å². The second-order valence-corrected chi connectivity index (χ2v) is 15.5. The normalized spacial score (nSPS) is 19.5. The Morgan fingerprint density at radius 1 is 0.885 bits per heavy atom. The van der Waals surface area contributed by atoms with Gasteiger partial charge in [-0.1, -0.05) is 103 Å². The molecule has 0 aliphatic carbocycles. The summed E-state index contributed by atoms with van der Waals surface area (Å²) in [6.45, 7) is 3.84. The number of rotatable bonds is 13. The number of amides is 1. The molecule has 1 aliphatic heterocycles. The van der Waals surface area contributed by atoms with Crippen molar-refractivity contribution in [2.75, 3.05) is 11.1 Å². The van der Waals surface area contributed by atoms with Crippen LogP contribution in [0.1, 0.15) is 47.1 Å². The summed E-state index contributed by atoms with van der Waals surface area (Å²) in [5.74, 6) is -0.145. The third-order valence-electron chi connectivity index (χ3n) is 8.96. The Kier molecular flexibility index (Phi) is 12.1. The highest BCUT2D eigenvalue weighted by Gasteiger charge is 2.39. The molecule has 3 N–H and O–H groups in total. The van der Waals surface area contributed by atoms with Crippen molar-refractivity contribution in [2.24, 2.45) is 5.92 Å². The molecule has 5 aromatic rings. The number of aliphatic hydroxyl groups is 1. The molecule has 2 heterocycles. The Labute approximate surface area is 308 Å². The molecular weight excluding hydrogens is 699 g/mol. The average Bonchev–Trinajstić information content (AvgIpc) is 3.15. The lowest BCUT2D eigenvalue weighted by atomic mass is 9.91. The number of carbonyl (C=O) groups excluding carboxylic acids is 1. The minimum Gasteiger partial charge on any atom is -0.618 e. The van der Waals surface area contributed by atoms with Crippen LogP contribution in [0.5, 0.6) is 0 Å². The van der Waals surface area contributed by atoms with Gasteiger partial charge in [-0.05, 0) is 60.4 Å². The van der Waals surface area contributed by atoms with E-state index in [2.05, 4.69) is 10.0 Å². The molecule has 0 radical (unpaired) electrons. The van der Waals surface area contributed by atoms with Crippen LogP contribution in [0.25, 0.3) is 0 Å². The van der Waals surface area contributed by atoms with Crippen molar-refractivity contribution >= 4 is 33.4 Å². The molecule has 6 rings (SSSR count). The minimum absolute atomic E-state index is 0.0670. The van der Waals surface area contributed by atoms with Crippen molar-refractivity contribution in [3.05, 3.63) is 161 Å². The first-order valence-corrected chi connectivity index (χ1v) is 19.4. The van der Waals surface area contributed by atoms with Crippen molar-refractivity contribution in [2.45, 2.75) is 61.3 Å². The zero-order valence-electron chi connectivity index (χ0n) is 28.8. The average molecular weight is 740 g/mol. The quantitative estimate of drug-likeness (QED) is 0.0734. The fourth-order valence-electron chi connectivity index (χ4n) is 6.00. The molecule has 5 atom stereocenters. The van der Waals surface area contributed by atoms with Gasteiger partial charge in [0.1, 0.15) is 6.04 Å². The highest BCUT2D eigenvalue weighted by Crippen LogP contribution is 2.43. The number of aliphatic hydroxyl groups excluding tert-OH is 1. The summed E-state index contributed by atoms with van der Waals surface area (Å²) < 4.78 is 43.4. The van der Waals surface area contributed by atoms with E-state index in [-0.39, 0.29) is 36.0 Å². The van der Waals surface area contributed by atoms with Gasteiger partial charge in [-0.2, -0.15) is 9.45 Å². The summed E-state index contributed by atoms with van der Waals surface area (Å²) in [6, 6.07) is 34.5. The Morgan fingerprint density at radius 2 is 1.62 bits per heavy atom. The molecule has 270 valence electrons. The molecule has 1 aliphatic rings. The Morgan fingerprint density at radius 3 is 2.33 bits per heavy atom. The van der Waals surface area contributed by atoms with E-state index in [9.17, 15) is 23.5 Å². The standard InChI is InChI=1S/C40H41N3O7S2/c1-27-14-20-34(21-15-27)52(47,48)42-35(23-29-9-4-3-5-10-29)39(45)41-33-12-8-11-32(24-33)40-49-36(26-51-37-13-6-7-22-43(37)46)28(2)38(50-40)31-18-16-30(25-44)17-19-31/h3-22,24,28,35-36,38,40,42,44H,23,25-26H2,1-2H3,(H,41,45)/t28-,35+,36+,38+,40+/m0/s1. The topological polar surface area (TPSA) is 141 Å². The van der Waals surface area contributed by atoms with E-state index in [0.717, 1.165) is 27.0 Å². The molecule has 1 aromatic heterocycles. The second-order valence-electron chi connectivity index (χ2n) is 12.8. The fraction of sp³-hybridized carbons (Fsp3) is 0.250. The van der Waals surface area contributed by atoms with E-state index in [4.69, 9.17) is 9.47 Å². The number of nitrogens with one attached hydrogen (secondary N) is 2. The largest absolute Gasteiger partial charge is 0.618 e. The maximum atomic E-state index is 13.9. The summed E-state index contributed by atoms with van der Waals surface area (Å²) in [7, 11) is -4.02. The third-order valence-corrected chi connectivity index (χ3v) is 11.6. The Bertz CT molecular complexity index is 2060. The van der Waals surface area contributed by atoms with Gasteiger partial charge >= 0.3 is 0 Å². The lowest BCUT2D eigenvalue weighted by Crippen LogP contribution is -2.45. The molecular formula is C40H41N3O7S2. The Balaban J connectivity index is 1.24. The van der Waals surface area contributed by atoms with E-state index < -0.39 is 28.3 Å². The number of thioether (sulfide) groups is 1. The van der Waals surface area contributed by atoms with Crippen molar-refractivity contribution in [1.82, 2.24) is 4.72 Å². The van der Waals surface area contributed by atoms with Crippen molar-refractivity contribution in [1.29, 1.82) is 0 Å². The first-order valence-electron chi connectivity index (χ1n) is 16.9. The SMILES string of the molecule is Cc1ccc(S(=O)(=O)N[C@H](Cc2ccccc2)C(=O)Nc2cccc([C@@H]3O[C@H](CSc4cccc[n+]4[O-])[C@H](C)[C@H](c4ccc(CO)cc4)O3)c2)cc1. The lowest BCUT2D eigenvalue weighted by molar-refractivity contribution is -0.645. The van der Waals surface area contributed by atoms with E-state index in [1.54, 1.807) is 42.5 Å². The van der Waals surface area contributed by atoms with Crippen molar-refractivity contribution < 1.29 is 32.5 Å². The van der Waals surface area contributed by atoms with E-state index >= 15 is 0 Å². The van der Waals surface area contributed by atoms with Crippen LogP contribution in [-0.2, 0) is 37.3 Å². The molecule has 0 spiro atoms. The Hall–Kier alpha value is -4.56. The van der Waals surface area contributed by atoms with Crippen LogP contribution >= 0.6 is 11.8 Å². The van der Waals surface area contributed by atoms with Crippen LogP contribution in [0.4, 0.5) is 5.69 Å². The highest BCUT2D eigenvalue weighted by atomic mass is 32.2. The molecule has 1 saturated heterocycles. The third kappa shape index (κ3) is 9.26. The summed E-state index contributed by atoms with van der Waals surface area (Å²) in [4.78, 5) is 13.9. The molecule has 52 heavy (non-hydrogen) atoms. The fourth-order valence-corrected chi connectivity index (χ4v) is 8.28. The van der Waals surface area contributed by atoms with Crippen LogP contribution in [0, 0.1) is 18.0 Å². The summed E-state index contributed by atoms with van der Waals surface area (Å²) in [6.07, 6.45) is 0.0673. The number of nitrogens with zero attached hydrogens (tertiary/aromatic N) is 1. The molecule has 1 fully saturated rings. The number of hydrogen-bond acceptors (Lipinski definition) is 8. The summed E-state index contributed by atoms with van der Waals surface area (Å²) in [5.41, 5.74) is 4.50. The van der Waals surface area contributed by atoms with Gasteiger partial charge in [0, 0.05) is 35.1 Å². The number of aromatic nitrogens is 1. The van der Waals surface area contributed by atoms with E-state index in [1.165, 1.54) is 30.1 Å². The van der Waals surface area contributed by atoms with E-state index in [0.29, 0.717) is 22.0 Å². The van der Waals surface area contributed by atoms with Gasteiger partial charge in [-0.25, -0.2) is 8.42 Å². The number of benzene rings is 4. The van der Waals surface area contributed by atoms with Gasteiger partial charge < -0.3 is 25.1 Å². The van der Waals surface area contributed by atoms with Gasteiger partial charge in [0.05, 0.1) is 23.7 Å². The summed E-state index contributed by atoms with van der Waals surface area (Å²) >= 11 is 1.40. The maximum Gasteiger partial charge on any atom is 0.251 e. The molecule has 4 aromatic carbocycles. The number of ether oxygens (including phenoxy) is 2. The molecule has 12 heteroatoms. The van der Waals surface area contributed by atoms with Crippen LogP contribution in [-0.4, -0.2) is 37.3 Å². The summed E-state index contributed by atoms with van der Waals surface area (Å²) in [5, 5.41) is 25.4. The minimum atomic E-state index is -4.02. The zero-order valence-corrected chi connectivity index (χ0v) is 30.4. The molecule has 1 amide bonds.